The van der Waals surface area contributed by atoms with E-state index in [4.69, 9.17) is 28.2 Å². The molecule has 1 atom stereocenters. The van der Waals surface area contributed by atoms with Crippen LogP contribution in [-0.4, -0.2) is 16.7 Å². The zero-order valence-corrected chi connectivity index (χ0v) is 26.3. The first kappa shape index (κ1) is 28.7. The summed E-state index contributed by atoms with van der Waals surface area (Å²) in [5, 5.41) is 6.33. The average Bonchev–Trinajstić information content (AvgIpc) is 3.51. The number of amides is 1. The minimum atomic E-state index is -0.127. The molecule has 1 N–H and O–H groups in total. The third-order valence-corrected chi connectivity index (χ3v) is 10.0. The van der Waals surface area contributed by atoms with Crippen molar-refractivity contribution in [3.05, 3.63) is 116 Å². The molecule has 0 unspecified atom stereocenters. The van der Waals surface area contributed by atoms with Crippen molar-refractivity contribution in [2.24, 2.45) is 16.3 Å². The Morgan fingerprint density at radius 3 is 2.55 bits per heavy atom. The van der Waals surface area contributed by atoms with Crippen LogP contribution in [0.2, 0.25) is 10.0 Å². The lowest BCUT2D eigenvalue weighted by Crippen LogP contribution is -2.27. The standard InChI is InChI=1S/C35H33Cl2N3OS/c1-35(2,3)24-12-17-28-31(18-24)42-34(32(28)33(41)39-26-15-13-25(36)14-16-26)38-19-23-21-40(30-11-7-5-9-27(23)30)20-22-8-4-6-10-29(22)37/h4-11,13-16,19,21,24H,12,17-18,20H2,1-3H3,(H,39,41)/t24-/m1/s1. The highest BCUT2D eigenvalue weighted by Crippen LogP contribution is 2.45. The molecule has 0 spiro atoms. The largest absolute Gasteiger partial charge is 0.342 e. The van der Waals surface area contributed by atoms with Gasteiger partial charge in [-0.1, -0.05) is 80.4 Å². The number of rotatable bonds is 6. The zero-order chi connectivity index (χ0) is 29.4. The maximum absolute atomic E-state index is 13.8. The zero-order valence-electron chi connectivity index (χ0n) is 24.0. The topological polar surface area (TPSA) is 46.4 Å². The molecule has 0 aliphatic heterocycles. The van der Waals surface area contributed by atoms with Gasteiger partial charge in [-0.05, 0) is 78.1 Å². The maximum Gasteiger partial charge on any atom is 0.259 e. The first-order valence-electron chi connectivity index (χ1n) is 14.2. The molecule has 42 heavy (non-hydrogen) atoms. The Labute approximate surface area is 261 Å². The summed E-state index contributed by atoms with van der Waals surface area (Å²) in [5.41, 5.74) is 5.92. The lowest BCUT2D eigenvalue weighted by Gasteiger charge is -2.33. The first-order chi connectivity index (χ1) is 20.2. The predicted octanol–water partition coefficient (Wildman–Crippen LogP) is 10.2. The van der Waals surface area contributed by atoms with Crippen molar-refractivity contribution < 1.29 is 4.79 Å². The number of aromatic nitrogens is 1. The van der Waals surface area contributed by atoms with Gasteiger partial charge >= 0.3 is 0 Å². The Morgan fingerprint density at radius 2 is 1.79 bits per heavy atom. The number of nitrogens with zero attached hydrogens (tertiary/aromatic N) is 2. The molecule has 5 aromatic rings. The number of carbonyl (C=O) groups is 1. The Hall–Kier alpha value is -3.38. The molecular weight excluding hydrogens is 581 g/mol. The number of benzene rings is 3. The minimum absolute atomic E-state index is 0.127. The fourth-order valence-electron chi connectivity index (χ4n) is 5.81. The third kappa shape index (κ3) is 5.92. The average molecular weight is 615 g/mol. The second-order valence-corrected chi connectivity index (χ2v) is 14.0. The number of nitrogens with one attached hydrogen (secondary N) is 1. The maximum atomic E-state index is 13.8. The van der Waals surface area contributed by atoms with E-state index in [1.54, 1.807) is 23.5 Å². The summed E-state index contributed by atoms with van der Waals surface area (Å²) in [6.45, 7) is 7.58. The van der Waals surface area contributed by atoms with E-state index in [1.165, 1.54) is 4.88 Å². The second kappa shape index (κ2) is 11.7. The number of anilines is 1. The van der Waals surface area contributed by atoms with E-state index < -0.39 is 0 Å². The first-order valence-corrected chi connectivity index (χ1v) is 15.8. The number of aliphatic imine (C=N–C) groups is 1. The molecule has 0 fully saturated rings. The molecule has 1 aliphatic rings. The van der Waals surface area contributed by atoms with Gasteiger partial charge in [0.05, 0.1) is 5.56 Å². The lowest BCUT2D eigenvalue weighted by molar-refractivity contribution is 0.102. The van der Waals surface area contributed by atoms with Gasteiger partial charge < -0.3 is 9.88 Å². The van der Waals surface area contributed by atoms with Crippen LogP contribution in [0.5, 0.6) is 0 Å². The fraction of sp³-hybridized carbons (Fsp3) is 0.257. The van der Waals surface area contributed by atoms with Crippen molar-refractivity contribution in [2.75, 3.05) is 5.32 Å². The van der Waals surface area contributed by atoms with E-state index in [1.807, 2.05) is 48.7 Å². The van der Waals surface area contributed by atoms with Gasteiger partial charge in [-0.2, -0.15) is 0 Å². The van der Waals surface area contributed by atoms with Crippen LogP contribution in [0.4, 0.5) is 10.7 Å². The fourth-order valence-corrected chi connectivity index (χ4v) is 7.40. The SMILES string of the molecule is CC(C)(C)[C@@H]1CCc2c(sc(N=Cc3cn(Cc4ccccc4Cl)c4ccccc34)c2C(=O)Nc2ccc(Cl)cc2)C1. The Morgan fingerprint density at radius 1 is 1.05 bits per heavy atom. The van der Waals surface area contributed by atoms with Crippen LogP contribution >= 0.6 is 34.5 Å². The summed E-state index contributed by atoms with van der Waals surface area (Å²) in [6, 6.07) is 23.5. The van der Waals surface area contributed by atoms with Crippen LogP contribution in [0.15, 0.2) is 84.0 Å². The number of hydrogen-bond acceptors (Lipinski definition) is 3. The van der Waals surface area contributed by atoms with E-state index in [-0.39, 0.29) is 11.3 Å². The van der Waals surface area contributed by atoms with Crippen molar-refractivity contribution in [3.63, 3.8) is 0 Å². The molecule has 4 nitrogen and oxygen atoms in total. The van der Waals surface area contributed by atoms with E-state index in [0.29, 0.717) is 28.7 Å². The van der Waals surface area contributed by atoms with Gasteiger partial charge in [0.25, 0.3) is 5.91 Å². The molecule has 1 amide bonds. The molecular formula is C35H33Cl2N3OS. The Balaban J connectivity index is 1.38. The van der Waals surface area contributed by atoms with Crippen LogP contribution in [0.3, 0.4) is 0 Å². The van der Waals surface area contributed by atoms with Gasteiger partial charge in [-0.25, -0.2) is 4.99 Å². The third-order valence-electron chi connectivity index (χ3n) is 8.24. The Kier molecular flexibility index (Phi) is 8.01. The number of para-hydroxylation sites is 1. The molecule has 3 aromatic carbocycles. The number of fused-ring (bicyclic) bond motifs is 2. The lowest BCUT2D eigenvalue weighted by atomic mass is 9.72. The van der Waals surface area contributed by atoms with Crippen molar-refractivity contribution >= 4 is 68.3 Å². The van der Waals surface area contributed by atoms with Crippen molar-refractivity contribution in [3.8, 4) is 0 Å². The van der Waals surface area contributed by atoms with Gasteiger partial charge in [-0.15, -0.1) is 11.3 Å². The summed E-state index contributed by atoms with van der Waals surface area (Å²) in [6.07, 6.45) is 6.94. The quantitative estimate of drug-likeness (QED) is 0.190. The highest BCUT2D eigenvalue weighted by Gasteiger charge is 2.33. The summed E-state index contributed by atoms with van der Waals surface area (Å²) in [5.74, 6) is 0.438. The number of halogens is 2. The summed E-state index contributed by atoms with van der Waals surface area (Å²) in [7, 11) is 0. The second-order valence-electron chi connectivity index (χ2n) is 12.0. The van der Waals surface area contributed by atoms with Gasteiger partial charge in [0.15, 0.2) is 0 Å². The Bertz CT molecular complexity index is 1790. The van der Waals surface area contributed by atoms with Gasteiger partial charge in [0, 0.05) is 56.0 Å². The van der Waals surface area contributed by atoms with E-state index in [9.17, 15) is 4.79 Å². The van der Waals surface area contributed by atoms with Crippen LogP contribution in [0.1, 0.15) is 59.1 Å². The number of carbonyl (C=O) groups excluding carboxylic acids is 1. The molecule has 214 valence electrons. The van der Waals surface area contributed by atoms with Crippen LogP contribution in [-0.2, 0) is 19.4 Å². The minimum Gasteiger partial charge on any atom is -0.342 e. The normalized spacial score (nSPS) is 15.3. The van der Waals surface area contributed by atoms with Crippen molar-refractivity contribution in [1.82, 2.24) is 4.57 Å². The molecule has 0 saturated carbocycles. The van der Waals surface area contributed by atoms with Crippen molar-refractivity contribution in [2.45, 2.75) is 46.6 Å². The summed E-state index contributed by atoms with van der Waals surface area (Å²) < 4.78 is 2.21. The van der Waals surface area contributed by atoms with Crippen LogP contribution in [0, 0.1) is 11.3 Å². The van der Waals surface area contributed by atoms with Crippen LogP contribution in [0.25, 0.3) is 10.9 Å². The molecule has 0 radical (unpaired) electrons. The monoisotopic (exact) mass is 613 g/mol. The number of hydrogen-bond donors (Lipinski definition) is 1. The number of thiophene rings is 1. The van der Waals surface area contributed by atoms with Gasteiger partial charge in [-0.3, -0.25) is 4.79 Å². The van der Waals surface area contributed by atoms with E-state index in [0.717, 1.165) is 56.9 Å². The van der Waals surface area contributed by atoms with E-state index >= 15 is 0 Å². The van der Waals surface area contributed by atoms with E-state index in [2.05, 4.69) is 55.1 Å². The molecule has 6 rings (SSSR count). The molecule has 7 heteroatoms. The summed E-state index contributed by atoms with van der Waals surface area (Å²) in [4.78, 5) is 20.0. The summed E-state index contributed by atoms with van der Waals surface area (Å²) >= 11 is 14.2. The predicted molar refractivity (Wildman–Crippen MR) is 178 cm³/mol. The molecule has 1 aliphatic carbocycles. The molecule has 2 aromatic heterocycles. The molecule has 0 saturated heterocycles. The highest BCUT2D eigenvalue weighted by atomic mass is 35.5. The van der Waals surface area contributed by atoms with Crippen LogP contribution < -0.4 is 5.32 Å². The van der Waals surface area contributed by atoms with Gasteiger partial charge in [0.1, 0.15) is 5.00 Å². The smallest absolute Gasteiger partial charge is 0.259 e. The van der Waals surface area contributed by atoms with Crippen molar-refractivity contribution in [1.29, 1.82) is 0 Å². The van der Waals surface area contributed by atoms with Gasteiger partial charge in [0.2, 0.25) is 0 Å². The molecule has 2 heterocycles. The highest BCUT2D eigenvalue weighted by molar-refractivity contribution is 7.16. The molecule has 0 bridgehead atoms.